The predicted octanol–water partition coefficient (Wildman–Crippen LogP) is 13.7. The molecule has 0 amide bonds. The highest BCUT2D eigenvalue weighted by Crippen LogP contribution is 2.53. The first-order valence-electron chi connectivity index (χ1n) is 26.3. The molecule has 3 atom stereocenters. The topological polar surface area (TPSA) is 187 Å². The number of benzene rings is 4. The summed E-state index contributed by atoms with van der Waals surface area (Å²) in [7, 11) is 4.79. The molecular weight excluding hydrogens is 1060 g/mol. The van der Waals surface area contributed by atoms with Gasteiger partial charge in [-0.1, -0.05) is 63.2 Å². The molecule has 8 aromatic rings. The number of nitrogens with zero attached hydrogens (tertiary/aromatic N) is 5. The van der Waals surface area contributed by atoms with Gasteiger partial charge in [-0.3, -0.25) is 9.48 Å². The zero-order chi connectivity index (χ0) is 55.2. The zero-order valence-electron chi connectivity index (χ0n) is 43.1. The number of aromatic nitrogens is 7. The SMILES string of the molecule is Cn1nnc2c1CC[C@@H]1[C@H](CC2)[C@H]1COC(=O)CCCSSCCNc1c(F)c(F)c(-c2c3nc(c(-c4cccc(O)c4)c4ccc([nH]4)c(-c4cccc(O)c4)c4nc(c(-c5cccc(O)c5)c5ccc2[nH]5)C=C4)C=C3)c(F)c1F. The number of aromatic hydroxyl groups is 3. The first-order chi connectivity index (χ1) is 38.9. The average Bonchev–Trinajstić information content (AvgIpc) is 4.33. The Labute approximate surface area is 464 Å². The van der Waals surface area contributed by atoms with Crippen LogP contribution in [0.25, 0.3) is 90.9 Å². The van der Waals surface area contributed by atoms with Crippen molar-refractivity contribution in [1.82, 2.24) is 34.9 Å². The quantitative estimate of drug-likeness (QED) is 0.0188. The first kappa shape index (κ1) is 52.4. The number of ether oxygens (including phenoxy) is 1. The lowest BCUT2D eigenvalue weighted by atomic mass is 10.0. The van der Waals surface area contributed by atoms with E-state index in [0.717, 1.165) is 31.4 Å². The Kier molecular flexibility index (Phi) is 14.5. The molecule has 12 rings (SSSR count). The van der Waals surface area contributed by atoms with Crippen LogP contribution in [0, 0.1) is 41.0 Å². The molecule has 0 radical (unpaired) electrons. The predicted molar refractivity (Wildman–Crippen MR) is 307 cm³/mol. The van der Waals surface area contributed by atoms with E-state index in [9.17, 15) is 20.1 Å². The summed E-state index contributed by atoms with van der Waals surface area (Å²) in [5, 5.41) is 43.2. The molecule has 6 heterocycles. The molecule has 0 unspecified atom stereocenters. The molecule has 13 nitrogen and oxygen atoms in total. The van der Waals surface area contributed by atoms with Gasteiger partial charge in [-0.2, -0.15) is 0 Å². The fourth-order valence-electron chi connectivity index (χ4n) is 11.4. The van der Waals surface area contributed by atoms with E-state index in [-0.39, 0.29) is 58.7 Å². The lowest BCUT2D eigenvalue weighted by Crippen LogP contribution is -2.12. The number of fused-ring (bicyclic) bond motifs is 10. The third-order valence-electron chi connectivity index (χ3n) is 15.2. The second-order valence-corrected chi connectivity index (χ2v) is 22.9. The highest BCUT2D eigenvalue weighted by Gasteiger charge is 2.50. The molecule has 0 saturated heterocycles. The minimum Gasteiger partial charge on any atom is -0.508 e. The molecule has 80 heavy (non-hydrogen) atoms. The van der Waals surface area contributed by atoms with Crippen molar-refractivity contribution in [3.8, 4) is 61.8 Å². The van der Waals surface area contributed by atoms with Crippen molar-refractivity contribution in [3.63, 3.8) is 0 Å². The van der Waals surface area contributed by atoms with Crippen LogP contribution in [-0.4, -0.2) is 80.9 Å². The molecule has 4 aromatic heterocycles. The van der Waals surface area contributed by atoms with Crippen LogP contribution < -0.4 is 5.32 Å². The van der Waals surface area contributed by atoms with Gasteiger partial charge in [0.25, 0.3) is 0 Å². The van der Waals surface area contributed by atoms with Crippen LogP contribution in [0.3, 0.4) is 0 Å². The standard InChI is InChI=1S/C61H52F4N8O5S2/c1-73-50-24-14-39-38(13-15-41(50)71-72-73)40(39)31-78-51(77)12-5-26-79-80-27-25-66-61-59(64)57(62)56(58(63)60(61)65)55-48-22-20-46(69-48)53(33-7-3-10-36(75)29-33)44-18-16-42(67-44)52(32-6-2-9-35(74)28-32)43-17-19-45(68-43)54(47-21-23-49(55)70-47)34-8-4-11-37(76)30-34/h2-4,6-11,16-23,28-30,38-40,66-67,70,74-76H,5,12-15,24-27,31H2,1H3/t38-,39+,40+/m0/s1. The summed E-state index contributed by atoms with van der Waals surface area (Å²) >= 11 is 0. The van der Waals surface area contributed by atoms with Gasteiger partial charge >= 0.3 is 5.97 Å². The Morgan fingerprint density at radius 2 is 1.11 bits per heavy atom. The first-order valence-corrected chi connectivity index (χ1v) is 28.8. The fraction of sp³-hybridized carbons (Fsp3) is 0.230. The summed E-state index contributed by atoms with van der Waals surface area (Å²) in [6.45, 7) is 0.386. The number of phenols is 3. The molecule has 1 fully saturated rings. The smallest absolute Gasteiger partial charge is 0.305 e. The van der Waals surface area contributed by atoms with Crippen molar-refractivity contribution in [2.75, 3.05) is 30.0 Å². The maximum Gasteiger partial charge on any atom is 0.305 e. The molecule has 1 saturated carbocycles. The molecule has 6 N–H and O–H groups in total. The minimum atomic E-state index is -1.65. The van der Waals surface area contributed by atoms with Crippen molar-refractivity contribution < 1.29 is 42.4 Å². The van der Waals surface area contributed by atoms with Crippen LogP contribution in [-0.2, 0) is 29.4 Å². The van der Waals surface area contributed by atoms with Gasteiger partial charge < -0.3 is 35.3 Å². The number of carbonyl (C=O) groups is 1. The van der Waals surface area contributed by atoms with Crippen LogP contribution in [0.1, 0.15) is 59.8 Å². The summed E-state index contributed by atoms with van der Waals surface area (Å²) in [5.74, 6) is -4.49. The van der Waals surface area contributed by atoms with Crippen LogP contribution in [0.2, 0.25) is 0 Å². The van der Waals surface area contributed by atoms with Crippen molar-refractivity contribution >= 4 is 79.6 Å². The third-order valence-corrected chi connectivity index (χ3v) is 17.7. The normalized spacial score (nSPS) is 16.2. The van der Waals surface area contributed by atoms with Crippen molar-refractivity contribution in [2.45, 2.75) is 38.5 Å². The van der Waals surface area contributed by atoms with Crippen LogP contribution in [0.5, 0.6) is 17.2 Å². The molecular formula is C61H52F4N8O5S2. The van der Waals surface area contributed by atoms with Gasteiger partial charge in [-0.15, -0.1) is 5.10 Å². The number of rotatable bonds is 15. The van der Waals surface area contributed by atoms with Gasteiger partial charge in [0.2, 0.25) is 0 Å². The number of anilines is 1. The number of esters is 1. The van der Waals surface area contributed by atoms with Gasteiger partial charge in [0.15, 0.2) is 23.3 Å². The Balaban J connectivity index is 0.841. The van der Waals surface area contributed by atoms with Crippen LogP contribution in [0.15, 0.2) is 97.1 Å². The van der Waals surface area contributed by atoms with Crippen molar-refractivity contribution in [2.24, 2.45) is 24.8 Å². The van der Waals surface area contributed by atoms with E-state index < -0.39 is 34.5 Å². The molecule has 0 spiro atoms. The Morgan fingerprint density at radius 1 is 0.637 bits per heavy atom. The highest BCUT2D eigenvalue weighted by molar-refractivity contribution is 8.76. The van der Waals surface area contributed by atoms with E-state index in [1.807, 2.05) is 36.0 Å². The number of carbonyl (C=O) groups excluding carboxylic acids is 1. The summed E-state index contributed by atoms with van der Waals surface area (Å²) in [6.07, 6.45) is 11.4. The maximum atomic E-state index is 17.0. The molecule has 19 heteroatoms. The third kappa shape index (κ3) is 10.3. The fourth-order valence-corrected chi connectivity index (χ4v) is 13.4. The molecule has 406 valence electrons. The maximum absolute atomic E-state index is 17.0. The Hall–Kier alpha value is -8.29. The second kappa shape index (κ2) is 22.1. The second-order valence-electron chi connectivity index (χ2n) is 20.2. The van der Waals surface area contributed by atoms with Crippen LogP contribution in [0.4, 0.5) is 23.2 Å². The number of phenolic OH excluding ortho intramolecular Hbond substituents is 3. The molecule has 4 aliphatic rings. The molecule has 2 aliphatic carbocycles. The molecule has 4 aromatic carbocycles. The summed E-state index contributed by atoms with van der Waals surface area (Å²) < 4.78 is 74.5. The van der Waals surface area contributed by atoms with Gasteiger partial charge in [0.05, 0.1) is 46.3 Å². The minimum absolute atomic E-state index is 0.0300. The number of nitrogens with one attached hydrogen (secondary N) is 3. The van der Waals surface area contributed by atoms with Gasteiger partial charge in [0.1, 0.15) is 22.9 Å². The van der Waals surface area contributed by atoms with Gasteiger partial charge in [-0.05, 0) is 152 Å². The largest absolute Gasteiger partial charge is 0.508 e. The molecule has 2 aliphatic heterocycles. The van der Waals surface area contributed by atoms with E-state index in [2.05, 4.69) is 25.6 Å². The lowest BCUT2D eigenvalue weighted by Gasteiger charge is -2.14. The number of H-pyrrole nitrogens is 2. The Bertz CT molecular complexity index is 3930. The number of halogens is 4. The Morgan fingerprint density at radius 3 is 1.62 bits per heavy atom. The van der Waals surface area contributed by atoms with Crippen molar-refractivity contribution in [3.05, 3.63) is 154 Å². The monoisotopic (exact) mass is 1120 g/mol. The number of hydrogen-bond acceptors (Lipinski definition) is 12. The molecule has 8 bridgehead atoms. The highest BCUT2D eigenvalue weighted by atomic mass is 33.1. The van der Waals surface area contributed by atoms with E-state index in [0.29, 0.717) is 104 Å². The summed E-state index contributed by atoms with van der Waals surface area (Å²) in [4.78, 5) is 29.5. The number of aryl methyl sites for hydroxylation is 2. The summed E-state index contributed by atoms with van der Waals surface area (Å²) in [5.41, 5.74) is 5.92. The number of hydrogen-bond donors (Lipinski definition) is 6. The summed E-state index contributed by atoms with van der Waals surface area (Å²) in [6, 6.07) is 26.5. The van der Waals surface area contributed by atoms with E-state index >= 15 is 17.6 Å². The van der Waals surface area contributed by atoms with Crippen LogP contribution >= 0.6 is 21.6 Å². The van der Waals surface area contributed by atoms with E-state index in [4.69, 9.17) is 14.7 Å². The zero-order valence-corrected chi connectivity index (χ0v) is 44.7. The number of aromatic amines is 2. The van der Waals surface area contributed by atoms with E-state index in [1.54, 1.807) is 72.8 Å². The van der Waals surface area contributed by atoms with Gasteiger partial charge in [0, 0.05) is 75.8 Å². The van der Waals surface area contributed by atoms with Crippen molar-refractivity contribution in [1.29, 1.82) is 0 Å². The average molecular weight is 1120 g/mol. The lowest BCUT2D eigenvalue weighted by molar-refractivity contribution is -0.144. The van der Waals surface area contributed by atoms with E-state index in [1.165, 1.54) is 51.6 Å². The van der Waals surface area contributed by atoms with Gasteiger partial charge in [-0.25, -0.2) is 27.5 Å².